The fraction of sp³-hybridized carbons (Fsp3) is 0.0435. The Kier molecular flexibility index (Phi) is 4.87. The maximum atomic E-state index is 13.7. The van der Waals surface area contributed by atoms with E-state index in [9.17, 15) is 22.8 Å². The molecule has 0 fully saturated rings. The van der Waals surface area contributed by atoms with E-state index in [0.29, 0.717) is 0 Å². The van der Waals surface area contributed by atoms with Gasteiger partial charge >= 0.3 is 12.1 Å². The van der Waals surface area contributed by atoms with Gasteiger partial charge in [-0.05, 0) is 29.8 Å². The van der Waals surface area contributed by atoms with E-state index < -0.39 is 28.9 Å². The number of fused-ring (bicyclic) bond motifs is 1. The van der Waals surface area contributed by atoms with Crippen molar-refractivity contribution in [1.29, 1.82) is 0 Å². The van der Waals surface area contributed by atoms with Gasteiger partial charge in [0, 0.05) is 6.07 Å². The molecule has 0 unspecified atom stereocenters. The molecule has 0 N–H and O–H groups in total. The zero-order valence-electron chi connectivity index (χ0n) is 15.3. The van der Waals surface area contributed by atoms with E-state index in [2.05, 4.69) is 0 Å². The molecule has 0 aliphatic rings. The van der Waals surface area contributed by atoms with Crippen LogP contribution in [-0.4, -0.2) is 5.97 Å². The van der Waals surface area contributed by atoms with Crippen LogP contribution in [0.2, 0.25) is 0 Å². The Balaban J connectivity index is 1.84. The van der Waals surface area contributed by atoms with Crippen LogP contribution in [0.4, 0.5) is 13.2 Å². The molecule has 4 aromatic rings. The van der Waals surface area contributed by atoms with Crippen molar-refractivity contribution in [3.05, 3.63) is 100 Å². The fourth-order valence-electron chi connectivity index (χ4n) is 3.04. The van der Waals surface area contributed by atoms with Crippen molar-refractivity contribution < 1.29 is 27.1 Å². The van der Waals surface area contributed by atoms with Crippen LogP contribution in [0.25, 0.3) is 22.1 Å². The number of benzene rings is 3. The molecule has 0 amide bonds. The van der Waals surface area contributed by atoms with Crippen LogP contribution in [0.3, 0.4) is 0 Å². The maximum Gasteiger partial charge on any atom is 0.450 e. The number of ether oxygens (including phenoxy) is 1. The summed E-state index contributed by atoms with van der Waals surface area (Å²) in [6.07, 6.45) is -4.89. The lowest BCUT2D eigenvalue weighted by atomic mass is 10.0. The number of esters is 1. The third-order valence-corrected chi connectivity index (χ3v) is 4.40. The van der Waals surface area contributed by atoms with Gasteiger partial charge in [0.05, 0.1) is 16.5 Å². The Morgan fingerprint density at radius 2 is 1.50 bits per heavy atom. The van der Waals surface area contributed by atoms with E-state index in [-0.39, 0.29) is 27.8 Å². The van der Waals surface area contributed by atoms with Gasteiger partial charge in [-0.2, -0.15) is 13.2 Å². The summed E-state index contributed by atoms with van der Waals surface area (Å²) in [4.78, 5) is 25.1. The number of carbonyl (C=O) groups is 1. The molecule has 3 aromatic carbocycles. The summed E-state index contributed by atoms with van der Waals surface area (Å²) in [5.41, 5.74) is -1.35. The van der Waals surface area contributed by atoms with Crippen LogP contribution in [0, 0.1) is 0 Å². The Morgan fingerprint density at radius 3 is 2.13 bits per heavy atom. The largest absolute Gasteiger partial charge is 0.450 e. The molecule has 0 bridgehead atoms. The molecule has 4 nitrogen and oxygen atoms in total. The highest BCUT2D eigenvalue weighted by Crippen LogP contribution is 2.37. The van der Waals surface area contributed by atoms with Gasteiger partial charge in [-0.3, -0.25) is 4.79 Å². The smallest absolute Gasteiger partial charge is 0.450 e. The minimum absolute atomic E-state index is 0.0416. The highest BCUT2D eigenvalue weighted by Gasteiger charge is 2.39. The quantitative estimate of drug-likeness (QED) is 0.321. The standard InChI is InChI=1S/C23H13F3O4/c24-23(25,26)21-19(14-7-3-1-4-8-14)20(27)17-12-11-16(13-18(17)30-21)29-22(28)15-9-5-2-6-10-15/h1-13H. The van der Waals surface area contributed by atoms with E-state index in [4.69, 9.17) is 9.15 Å². The third-order valence-electron chi connectivity index (χ3n) is 4.40. The topological polar surface area (TPSA) is 56.5 Å². The molecule has 1 heterocycles. The van der Waals surface area contributed by atoms with E-state index in [1.165, 1.54) is 48.5 Å². The minimum atomic E-state index is -4.89. The predicted molar refractivity (Wildman–Crippen MR) is 104 cm³/mol. The Bertz CT molecular complexity index is 1280. The Hall–Kier alpha value is -3.87. The summed E-state index contributed by atoms with van der Waals surface area (Å²) < 4.78 is 51.3. The van der Waals surface area contributed by atoms with Gasteiger partial charge in [0.2, 0.25) is 11.2 Å². The molecule has 0 spiro atoms. The first-order chi connectivity index (χ1) is 14.3. The highest BCUT2D eigenvalue weighted by molar-refractivity contribution is 5.92. The summed E-state index contributed by atoms with van der Waals surface area (Å²) >= 11 is 0. The third kappa shape index (κ3) is 3.69. The molecule has 7 heteroatoms. The summed E-state index contributed by atoms with van der Waals surface area (Å²) in [5, 5.41) is -0.0543. The second-order valence-electron chi connectivity index (χ2n) is 6.41. The van der Waals surface area contributed by atoms with Gasteiger partial charge in [-0.25, -0.2) is 4.79 Å². The van der Waals surface area contributed by atoms with Crippen LogP contribution in [-0.2, 0) is 6.18 Å². The fourth-order valence-corrected chi connectivity index (χ4v) is 3.04. The highest BCUT2D eigenvalue weighted by atomic mass is 19.4. The van der Waals surface area contributed by atoms with Crippen LogP contribution in [0.1, 0.15) is 16.1 Å². The van der Waals surface area contributed by atoms with Crippen molar-refractivity contribution in [2.24, 2.45) is 0 Å². The Labute approximate surface area is 168 Å². The van der Waals surface area contributed by atoms with Gasteiger partial charge in [-0.15, -0.1) is 0 Å². The van der Waals surface area contributed by atoms with E-state index in [0.717, 1.165) is 6.07 Å². The first kappa shape index (κ1) is 19.4. The van der Waals surface area contributed by atoms with Crippen LogP contribution in [0.5, 0.6) is 5.75 Å². The molecule has 1 aromatic heterocycles. The molecule has 0 atom stereocenters. The number of halogens is 3. The normalized spacial score (nSPS) is 11.4. The molecule has 0 radical (unpaired) electrons. The van der Waals surface area contributed by atoms with Gasteiger partial charge < -0.3 is 9.15 Å². The zero-order chi connectivity index (χ0) is 21.3. The number of hydrogen-bond donors (Lipinski definition) is 0. The van der Waals surface area contributed by atoms with Gasteiger partial charge in [0.1, 0.15) is 11.3 Å². The van der Waals surface area contributed by atoms with Gasteiger partial charge in [-0.1, -0.05) is 48.5 Å². The Morgan fingerprint density at radius 1 is 0.867 bits per heavy atom. The summed E-state index contributed by atoms with van der Waals surface area (Å²) in [6, 6.07) is 19.3. The molecule has 0 saturated carbocycles. The molecule has 4 rings (SSSR count). The summed E-state index contributed by atoms with van der Waals surface area (Å²) in [6.45, 7) is 0. The number of rotatable bonds is 3. The van der Waals surface area contributed by atoms with Crippen LogP contribution in [0.15, 0.2) is 88.1 Å². The van der Waals surface area contributed by atoms with Gasteiger partial charge in [0.15, 0.2) is 0 Å². The molecule has 150 valence electrons. The second-order valence-corrected chi connectivity index (χ2v) is 6.41. The molecule has 30 heavy (non-hydrogen) atoms. The minimum Gasteiger partial charge on any atom is -0.450 e. The monoisotopic (exact) mass is 410 g/mol. The average Bonchev–Trinajstić information content (AvgIpc) is 2.74. The van der Waals surface area contributed by atoms with E-state index in [1.54, 1.807) is 24.3 Å². The number of alkyl halides is 3. The van der Waals surface area contributed by atoms with Gasteiger partial charge in [0.25, 0.3) is 0 Å². The van der Waals surface area contributed by atoms with Crippen molar-refractivity contribution in [1.82, 2.24) is 0 Å². The first-order valence-corrected chi connectivity index (χ1v) is 8.85. The van der Waals surface area contributed by atoms with Crippen molar-refractivity contribution in [2.75, 3.05) is 0 Å². The van der Waals surface area contributed by atoms with Crippen LogP contribution < -0.4 is 10.2 Å². The first-order valence-electron chi connectivity index (χ1n) is 8.85. The molecular formula is C23H13F3O4. The lowest BCUT2D eigenvalue weighted by molar-refractivity contribution is -0.152. The van der Waals surface area contributed by atoms with E-state index >= 15 is 0 Å². The predicted octanol–water partition coefficient (Wildman–Crippen LogP) is 5.70. The zero-order valence-corrected chi connectivity index (χ0v) is 15.3. The summed E-state index contributed by atoms with van der Waals surface area (Å²) in [5.74, 6) is -2.13. The average molecular weight is 410 g/mol. The van der Waals surface area contributed by atoms with Crippen LogP contribution >= 0.6 is 0 Å². The molecule has 0 aliphatic carbocycles. The van der Waals surface area contributed by atoms with Crippen molar-refractivity contribution in [2.45, 2.75) is 6.18 Å². The molecular weight excluding hydrogens is 397 g/mol. The van der Waals surface area contributed by atoms with E-state index in [1.807, 2.05) is 0 Å². The molecule has 0 aliphatic heterocycles. The summed E-state index contributed by atoms with van der Waals surface area (Å²) in [7, 11) is 0. The van der Waals surface area contributed by atoms with Crippen molar-refractivity contribution in [3.8, 4) is 16.9 Å². The number of hydrogen-bond acceptors (Lipinski definition) is 4. The number of carbonyl (C=O) groups excluding carboxylic acids is 1. The van der Waals surface area contributed by atoms with Crippen molar-refractivity contribution >= 4 is 16.9 Å². The second kappa shape index (κ2) is 7.51. The SMILES string of the molecule is O=C(Oc1ccc2c(=O)c(-c3ccccc3)c(C(F)(F)F)oc2c1)c1ccccc1. The molecule has 0 saturated heterocycles. The lowest BCUT2D eigenvalue weighted by Crippen LogP contribution is -2.16. The van der Waals surface area contributed by atoms with Crippen molar-refractivity contribution in [3.63, 3.8) is 0 Å². The maximum absolute atomic E-state index is 13.7. The lowest BCUT2D eigenvalue weighted by Gasteiger charge is -2.13.